The minimum atomic E-state index is -0.133. The molecule has 0 aliphatic heterocycles. The number of aromatic nitrogens is 4. The fraction of sp³-hybridized carbons (Fsp3) is 0.611. The number of imidazole rings is 2. The third-order valence-corrected chi connectivity index (χ3v) is 4.91. The molecule has 24 heavy (non-hydrogen) atoms. The summed E-state index contributed by atoms with van der Waals surface area (Å²) in [4.78, 5) is 20.8. The molecule has 0 atom stereocenters. The lowest BCUT2D eigenvalue weighted by Gasteiger charge is -2.21. The molecule has 0 radical (unpaired) electrons. The van der Waals surface area contributed by atoms with Crippen LogP contribution in [0.15, 0.2) is 18.6 Å². The summed E-state index contributed by atoms with van der Waals surface area (Å²) in [6.07, 6.45) is 13.9. The Balaban J connectivity index is 1.61. The Bertz CT molecular complexity index is 679. The number of hydrogen-bond donors (Lipinski definition) is 1. The fourth-order valence-electron chi connectivity index (χ4n) is 3.65. The van der Waals surface area contributed by atoms with Crippen molar-refractivity contribution in [1.82, 2.24) is 24.4 Å². The van der Waals surface area contributed by atoms with Gasteiger partial charge in [-0.15, -0.1) is 0 Å². The average molecular weight is 329 g/mol. The van der Waals surface area contributed by atoms with Crippen LogP contribution in [-0.4, -0.2) is 31.6 Å². The number of nitrogens with zero attached hydrogens (tertiary/aromatic N) is 4. The topological polar surface area (TPSA) is 64.7 Å². The highest BCUT2D eigenvalue weighted by Crippen LogP contribution is 2.29. The Hall–Kier alpha value is -2.11. The number of carbonyl (C=O) groups excluding carboxylic acids is 1. The van der Waals surface area contributed by atoms with E-state index < -0.39 is 0 Å². The summed E-state index contributed by atoms with van der Waals surface area (Å²) in [5.41, 5.74) is 1.23. The van der Waals surface area contributed by atoms with Crippen LogP contribution in [0.3, 0.4) is 0 Å². The molecule has 0 spiro atoms. The Labute approximate surface area is 143 Å². The number of nitrogens with one attached hydrogen (secondary N) is 1. The van der Waals surface area contributed by atoms with E-state index in [0.29, 0.717) is 18.4 Å². The number of carbonyl (C=O) groups is 1. The first-order valence-corrected chi connectivity index (χ1v) is 8.95. The molecule has 2 aromatic rings. The lowest BCUT2D eigenvalue weighted by Crippen LogP contribution is -2.29. The van der Waals surface area contributed by atoms with Crippen LogP contribution >= 0.6 is 0 Å². The van der Waals surface area contributed by atoms with Gasteiger partial charge in [-0.1, -0.05) is 25.7 Å². The number of amides is 1. The molecule has 2 heterocycles. The van der Waals surface area contributed by atoms with Gasteiger partial charge >= 0.3 is 0 Å². The van der Waals surface area contributed by atoms with Crippen molar-refractivity contribution in [3.63, 3.8) is 0 Å². The monoisotopic (exact) mass is 329 g/mol. The zero-order chi connectivity index (χ0) is 16.9. The molecule has 1 N–H and O–H groups in total. The van der Waals surface area contributed by atoms with E-state index in [1.165, 1.54) is 44.2 Å². The maximum absolute atomic E-state index is 12.1. The predicted molar refractivity (Wildman–Crippen MR) is 92.9 cm³/mol. The molecule has 0 saturated heterocycles. The number of rotatable bonds is 5. The van der Waals surface area contributed by atoms with Gasteiger partial charge < -0.3 is 14.5 Å². The van der Waals surface area contributed by atoms with Crippen molar-refractivity contribution in [2.24, 2.45) is 7.05 Å². The smallest absolute Gasteiger partial charge is 0.287 e. The Morgan fingerprint density at radius 3 is 2.67 bits per heavy atom. The third-order valence-electron chi connectivity index (χ3n) is 4.91. The maximum atomic E-state index is 12.1. The van der Waals surface area contributed by atoms with Crippen molar-refractivity contribution >= 4 is 5.91 Å². The summed E-state index contributed by atoms with van der Waals surface area (Å²) in [6, 6.07) is 0.565. The zero-order valence-electron chi connectivity index (χ0n) is 14.7. The van der Waals surface area contributed by atoms with Gasteiger partial charge in [0.1, 0.15) is 5.82 Å². The largest absolute Gasteiger partial charge is 0.349 e. The SMILES string of the molecule is Cc1cnc(CCNC(=O)c2nccn2C)n1C1CCCCCC1. The van der Waals surface area contributed by atoms with E-state index in [1.807, 2.05) is 13.2 Å². The Kier molecular flexibility index (Phi) is 5.33. The van der Waals surface area contributed by atoms with Crippen LogP contribution < -0.4 is 5.32 Å². The van der Waals surface area contributed by atoms with E-state index in [4.69, 9.17) is 0 Å². The summed E-state index contributed by atoms with van der Waals surface area (Å²) in [5.74, 6) is 1.39. The molecule has 1 aliphatic carbocycles. The van der Waals surface area contributed by atoms with Crippen molar-refractivity contribution in [3.8, 4) is 0 Å². The zero-order valence-corrected chi connectivity index (χ0v) is 14.7. The van der Waals surface area contributed by atoms with E-state index in [1.54, 1.807) is 17.0 Å². The van der Waals surface area contributed by atoms with E-state index >= 15 is 0 Å². The number of aryl methyl sites for hydroxylation is 2. The van der Waals surface area contributed by atoms with Crippen LogP contribution in [0.25, 0.3) is 0 Å². The van der Waals surface area contributed by atoms with Crippen molar-refractivity contribution in [1.29, 1.82) is 0 Å². The molecule has 6 nitrogen and oxygen atoms in total. The van der Waals surface area contributed by atoms with E-state index in [2.05, 4.69) is 26.8 Å². The highest BCUT2D eigenvalue weighted by molar-refractivity contribution is 5.90. The van der Waals surface area contributed by atoms with Gasteiger partial charge in [-0.25, -0.2) is 9.97 Å². The second-order valence-electron chi connectivity index (χ2n) is 6.70. The minimum Gasteiger partial charge on any atom is -0.349 e. The molecular weight excluding hydrogens is 302 g/mol. The number of hydrogen-bond acceptors (Lipinski definition) is 3. The standard InChI is InChI=1S/C18H27N5O/c1-14-13-21-16(23(14)15-7-5-3-4-6-8-15)9-10-20-18(24)17-19-11-12-22(17)2/h11-13,15H,3-10H2,1-2H3,(H,20,24). The molecule has 1 aliphatic rings. The summed E-state index contributed by atoms with van der Waals surface area (Å²) >= 11 is 0. The highest BCUT2D eigenvalue weighted by atomic mass is 16.2. The lowest BCUT2D eigenvalue weighted by molar-refractivity contribution is 0.0940. The first kappa shape index (κ1) is 16.7. The van der Waals surface area contributed by atoms with Crippen molar-refractivity contribution in [2.75, 3.05) is 6.54 Å². The van der Waals surface area contributed by atoms with Crippen LogP contribution in [0.5, 0.6) is 0 Å². The molecule has 3 rings (SSSR count). The molecular formula is C18H27N5O. The van der Waals surface area contributed by atoms with Gasteiger partial charge in [0.2, 0.25) is 0 Å². The quantitative estimate of drug-likeness (QED) is 0.858. The summed E-state index contributed by atoms with van der Waals surface area (Å²) in [6.45, 7) is 2.71. The molecule has 0 bridgehead atoms. The van der Waals surface area contributed by atoms with E-state index in [9.17, 15) is 4.79 Å². The van der Waals surface area contributed by atoms with Crippen molar-refractivity contribution in [2.45, 2.75) is 57.9 Å². The fourth-order valence-corrected chi connectivity index (χ4v) is 3.65. The van der Waals surface area contributed by atoms with Crippen LogP contribution in [0.2, 0.25) is 0 Å². The molecule has 1 fully saturated rings. The van der Waals surface area contributed by atoms with Crippen LogP contribution in [0.4, 0.5) is 0 Å². The Morgan fingerprint density at radius 1 is 1.25 bits per heavy atom. The van der Waals surface area contributed by atoms with Crippen LogP contribution in [0.1, 0.15) is 66.7 Å². The molecule has 0 unspecified atom stereocenters. The average Bonchev–Trinajstić information content (AvgIpc) is 3.04. The van der Waals surface area contributed by atoms with Gasteiger partial charge in [0.05, 0.1) is 0 Å². The molecule has 0 aromatic carbocycles. The van der Waals surface area contributed by atoms with Gasteiger partial charge in [-0.3, -0.25) is 4.79 Å². The molecule has 6 heteroatoms. The highest BCUT2D eigenvalue weighted by Gasteiger charge is 2.19. The van der Waals surface area contributed by atoms with Crippen molar-refractivity contribution < 1.29 is 4.79 Å². The maximum Gasteiger partial charge on any atom is 0.287 e. The van der Waals surface area contributed by atoms with Gasteiger partial charge in [0.15, 0.2) is 5.82 Å². The van der Waals surface area contributed by atoms with E-state index in [-0.39, 0.29) is 5.91 Å². The first-order chi connectivity index (χ1) is 11.7. The van der Waals surface area contributed by atoms with E-state index in [0.717, 1.165) is 12.2 Å². The van der Waals surface area contributed by atoms with Crippen LogP contribution in [0, 0.1) is 6.92 Å². The normalized spacial score (nSPS) is 16.1. The first-order valence-electron chi connectivity index (χ1n) is 8.95. The molecule has 1 saturated carbocycles. The lowest BCUT2D eigenvalue weighted by atomic mass is 10.1. The summed E-state index contributed by atoms with van der Waals surface area (Å²) in [7, 11) is 1.82. The van der Waals surface area contributed by atoms with Crippen LogP contribution in [-0.2, 0) is 13.5 Å². The third kappa shape index (κ3) is 3.68. The second-order valence-corrected chi connectivity index (χ2v) is 6.70. The van der Waals surface area contributed by atoms with Gasteiger partial charge in [0, 0.05) is 50.3 Å². The molecule has 130 valence electrons. The summed E-state index contributed by atoms with van der Waals surface area (Å²) in [5, 5.41) is 2.95. The summed E-state index contributed by atoms with van der Waals surface area (Å²) < 4.78 is 4.13. The second kappa shape index (κ2) is 7.64. The predicted octanol–water partition coefficient (Wildman–Crippen LogP) is 2.79. The molecule has 1 amide bonds. The van der Waals surface area contributed by atoms with Crippen molar-refractivity contribution in [3.05, 3.63) is 35.9 Å². The van der Waals surface area contributed by atoms with Gasteiger partial charge in [0.25, 0.3) is 5.91 Å². The molecule has 2 aromatic heterocycles. The van der Waals surface area contributed by atoms with Gasteiger partial charge in [-0.2, -0.15) is 0 Å². The Morgan fingerprint density at radius 2 is 2.00 bits per heavy atom. The minimum absolute atomic E-state index is 0.133. The van der Waals surface area contributed by atoms with Gasteiger partial charge in [-0.05, 0) is 19.8 Å².